The van der Waals surface area contributed by atoms with Gasteiger partial charge in [0.15, 0.2) is 0 Å². The van der Waals surface area contributed by atoms with Crippen LogP contribution in [0, 0.1) is 0 Å². The maximum absolute atomic E-state index is 11.6. The van der Waals surface area contributed by atoms with E-state index in [9.17, 15) is 4.79 Å². The van der Waals surface area contributed by atoms with Crippen LogP contribution in [0.15, 0.2) is 22.7 Å². The number of aliphatic hydroxyl groups is 1. The highest BCUT2D eigenvalue weighted by Gasteiger charge is 2.10. The van der Waals surface area contributed by atoms with Crippen molar-refractivity contribution in [3.63, 3.8) is 0 Å². The molecule has 0 aromatic heterocycles. The topological polar surface area (TPSA) is 49.3 Å². The molecule has 1 atom stereocenters. The van der Waals surface area contributed by atoms with E-state index in [2.05, 4.69) is 21.2 Å². The largest absolute Gasteiger partial charge is 0.394 e. The van der Waals surface area contributed by atoms with Gasteiger partial charge in [-0.05, 0) is 25.1 Å². The van der Waals surface area contributed by atoms with Crippen molar-refractivity contribution in [3.05, 3.63) is 33.3 Å². The summed E-state index contributed by atoms with van der Waals surface area (Å²) in [5, 5.41) is 11.9. The molecule has 5 heteroatoms. The number of carbonyl (C=O) groups excluding carboxylic acids is 1. The quantitative estimate of drug-likeness (QED) is 0.897. The number of halogens is 2. The van der Waals surface area contributed by atoms with E-state index in [-0.39, 0.29) is 18.6 Å². The molecule has 2 N–H and O–H groups in total. The lowest BCUT2D eigenvalue weighted by Crippen LogP contribution is -2.34. The van der Waals surface area contributed by atoms with E-state index in [1.165, 1.54) is 0 Å². The van der Waals surface area contributed by atoms with E-state index in [1.54, 1.807) is 25.1 Å². The van der Waals surface area contributed by atoms with Crippen molar-refractivity contribution < 1.29 is 9.90 Å². The minimum atomic E-state index is -0.268. The molecule has 82 valence electrons. The van der Waals surface area contributed by atoms with Crippen LogP contribution in [0.25, 0.3) is 0 Å². The van der Waals surface area contributed by atoms with E-state index in [0.29, 0.717) is 10.6 Å². The molecule has 1 amide bonds. The zero-order valence-corrected chi connectivity index (χ0v) is 10.5. The summed E-state index contributed by atoms with van der Waals surface area (Å²) in [6.07, 6.45) is 0. The van der Waals surface area contributed by atoms with Crippen LogP contribution in [0.3, 0.4) is 0 Å². The smallest absolute Gasteiger partial charge is 0.251 e. The van der Waals surface area contributed by atoms with E-state index < -0.39 is 0 Å². The fourth-order valence-electron chi connectivity index (χ4n) is 1.04. The molecule has 1 aromatic rings. The van der Waals surface area contributed by atoms with Crippen molar-refractivity contribution >= 4 is 33.4 Å². The normalized spacial score (nSPS) is 12.3. The van der Waals surface area contributed by atoms with Crippen LogP contribution in [0.5, 0.6) is 0 Å². The first-order valence-corrected chi connectivity index (χ1v) is 5.58. The zero-order valence-electron chi connectivity index (χ0n) is 8.13. The summed E-state index contributed by atoms with van der Waals surface area (Å²) < 4.78 is 0.747. The van der Waals surface area contributed by atoms with Gasteiger partial charge in [-0.15, -0.1) is 0 Å². The molecule has 0 aliphatic heterocycles. The number of amides is 1. The van der Waals surface area contributed by atoms with Crippen molar-refractivity contribution in [2.75, 3.05) is 6.61 Å². The van der Waals surface area contributed by atoms with Gasteiger partial charge in [0, 0.05) is 21.1 Å². The molecule has 0 fully saturated rings. The lowest BCUT2D eigenvalue weighted by atomic mass is 10.2. The number of nitrogens with one attached hydrogen (secondary N) is 1. The predicted octanol–water partition coefficient (Wildman–Crippen LogP) is 2.21. The Bertz CT molecular complexity index is 350. The molecule has 1 aromatic carbocycles. The average Bonchev–Trinajstić information content (AvgIpc) is 2.16. The molecule has 0 spiro atoms. The zero-order chi connectivity index (χ0) is 11.4. The van der Waals surface area contributed by atoms with Crippen molar-refractivity contribution in [3.8, 4) is 0 Å². The standard InChI is InChI=1S/C10H11BrClNO2/c1-6(5-14)13-10(15)7-2-8(11)4-9(12)3-7/h2-4,6,14H,5H2,1H3,(H,13,15)/t6-/m0/s1. The molecular weight excluding hydrogens is 281 g/mol. The summed E-state index contributed by atoms with van der Waals surface area (Å²) in [5.41, 5.74) is 0.467. The molecule has 3 nitrogen and oxygen atoms in total. The molecule has 0 unspecified atom stereocenters. The summed E-state index contributed by atoms with van der Waals surface area (Å²) in [4.78, 5) is 11.6. The molecule has 0 saturated carbocycles. The fourth-order valence-corrected chi connectivity index (χ4v) is 1.90. The number of rotatable bonds is 3. The van der Waals surface area contributed by atoms with E-state index in [0.717, 1.165) is 4.47 Å². The third-order valence-corrected chi connectivity index (χ3v) is 2.45. The molecule has 0 aliphatic carbocycles. The van der Waals surface area contributed by atoms with Crippen LogP contribution < -0.4 is 5.32 Å². The molecule has 15 heavy (non-hydrogen) atoms. The highest BCUT2D eigenvalue weighted by atomic mass is 79.9. The van der Waals surface area contributed by atoms with Crippen molar-refractivity contribution in [2.24, 2.45) is 0 Å². The maximum Gasteiger partial charge on any atom is 0.251 e. The molecule has 0 bridgehead atoms. The number of benzene rings is 1. The Labute approximate surface area is 102 Å². The lowest BCUT2D eigenvalue weighted by Gasteiger charge is -2.11. The van der Waals surface area contributed by atoms with Gasteiger partial charge in [0.05, 0.1) is 6.61 Å². The van der Waals surface area contributed by atoms with Gasteiger partial charge in [0.1, 0.15) is 0 Å². The van der Waals surface area contributed by atoms with Crippen molar-refractivity contribution in [2.45, 2.75) is 13.0 Å². The van der Waals surface area contributed by atoms with Gasteiger partial charge in [0.2, 0.25) is 0 Å². The Morgan fingerprint density at radius 3 is 2.80 bits per heavy atom. The van der Waals surface area contributed by atoms with E-state index in [4.69, 9.17) is 16.7 Å². The van der Waals surface area contributed by atoms with Gasteiger partial charge in [-0.1, -0.05) is 27.5 Å². The monoisotopic (exact) mass is 291 g/mol. The SMILES string of the molecule is C[C@@H](CO)NC(=O)c1cc(Cl)cc(Br)c1. The van der Waals surface area contributed by atoms with Gasteiger partial charge < -0.3 is 10.4 Å². The van der Waals surface area contributed by atoms with Gasteiger partial charge >= 0.3 is 0 Å². The molecule has 1 rings (SSSR count). The first kappa shape index (κ1) is 12.5. The Kier molecular flexibility index (Phi) is 4.57. The number of hydrogen-bond acceptors (Lipinski definition) is 2. The lowest BCUT2D eigenvalue weighted by molar-refractivity contribution is 0.0922. The van der Waals surface area contributed by atoms with Crippen LogP contribution in [-0.2, 0) is 0 Å². The summed E-state index contributed by atoms with van der Waals surface area (Å²) >= 11 is 9.06. The van der Waals surface area contributed by atoms with Crippen LogP contribution >= 0.6 is 27.5 Å². The van der Waals surface area contributed by atoms with Gasteiger partial charge in [-0.2, -0.15) is 0 Å². The minimum absolute atomic E-state index is 0.0898. The Morgan fingerprint density at radius 2 is 2.27 bits per heavy atom. The van der Waals surface area contributed by atoms with Crippen molar-refractivity contribution in [1.29, 1.82) is 0 Å². The third kappa shape index (κ3) is 3.81. The first-order valence-electron chi connectivity index (χ1n) is 4.40. The molecule has 0 heterocycles. The van der Waals surface area contributed by atoms with Gasteiger partial charge in [-0.3, -0.25) is 4.79 Å². The molecule has 0 saturated heterocycles. The average molecular weight is 293 g/mol. The van der Waals surface area contributed by atoms with Crippen LogP contribution in [0.1, 0.15) is 17.3 Å². The highest BCUT2D eigenvalue weighted by molar-refractivity contribution is 9.10. The van der Waals surface area contributed by atoms with E-state index >= 15 is 0 Å². The third-order valence-electron chi connectivity index (χ3n) is 1.78. The van der Waals surface area contributed by atoms with Crippen LogP contribution in [0.4, 0.5) is 0 Å². The Balaban J connectivity index is 2.82. The van der Waals surface area contributed by atoms with Crippen molar-refractivity contribution in [1.82, 2.24) is 5.32 Å². The summed E-state index contributed by atoms with van der Waals surface area (Å²) in [5.74, 6) is -0.250. The second kappa shape index (κ2) is 5.49. The summed E-state index contributed by atoms with van der Waals surface area (Å²) in [6, 6.07) is 4.68. The number of aliphatic hydroxyl groups excluding tert-OH is 1. The summed E-state index contributed by atoms with van der Waals surface area (Å²) in [7, 11) is 0. The fraction of sp³-hybridized carbons (Fsp3) is 0.300. The summed E-state index contributed by atoms with van der Waals surface area (Å²) in [6.45, 7) is 1.63. The first-order chi connectivity index (χ1) is 7.02. The molecule has 0 radical (unpaired) electrons. The van der Waals surface area contributed by atoms with Gasteiger partial charge in [-0.25, -0.2) is 0 Å². The predicted molar refractivity (Wildman–Crippen MR) is 63.2 cm³/mol. The van der Waals surface area contributed by atoms with E-state index in [1.807, 2.05) is 0 Å². The van der Waals surface area contributed by atoms with Crippen LogP contribution in [-0.4, -0.2) is 23.7 Å². The Hall–Kier alpha value is -0.580. The Morgan fingerprint density at radius 1 is 1.60 bits per heavy atom. The second-order valence-electron chi connectivity index (χ2n) is 3.22. The molecular formula is C10H11BrClNO2. The van der Waals surface area contributed by atoms with Gasteiger partial charge in [0.25, 0.3) is 5.91 Å². The second-order valence-corrected chi connectivity index (χ2v) is 4.57. The number of hydrogen-bond donors (Lipinski definition) is 2. The number of carbonyl (C=O) groups is 1. The maximum atomic E-state index is 11.6. The molecule has 0 aliphatic rings. The highest BCUT2D eigenvalue weighted by Crippen LogP contribution is 2.19. The van der Waals surface area contributed by atoms with Crippen LogP contribution in [0.2, 0.25) is 5.02 Å². The minimum Gasteiger partial charge on any atom is -0.394 e.